The van der Waals surface area contributed by atoms with Crippen LogP contribution in [0.3, 0.4) is 0 Å². The fourth-order valence-electron chi connectivity index (χ4n) is 15.3. The van der Waals surface area contributed by atoms with Crippen molar-refractivity contribution in [3.8, 4) is 11.5 Å². The summed E-state index contributed by atoms with van der Waals surface area (Å²) in [4.78, 5) is 152. The number of aromatic hydroxyl groups is 1. The highest BCUT2D eigenvalue weighted by atomic mass is 35.5. The summed E-state index contributed by atoms with van der Waals surface area (Å²) in [7, 11) is 9.24. The molecule has 624 valence electrons. The van der Waals surface area contributed by atoms with Crippen LogP contribution in [0.2, 0.25) is 5.02 Å². The van der Waals surface area contributed by atoms with Crippen molar-refractivity contribution in [2.45, 2.75) is 209 Å². The topological polar surface area (TPSA) is 393 Å². The smallest absolute Gasteiger partial charge is 0.409 e. The Balaban J connectivity index is 0.864. The van der Waals surface area contributed by atoms with E-state index >= 15 is 14.4 Å². The second-order valence-corrected chi connectivity index (χ2v) is 33.5. The van der Waals surface area contributed by atoms with Crippen LogP contribution in [0, 0.1) is 17.8 Å². The van der Waals surface area contributed by atoms with E-state index in [2.05, 4.69) is 31.6 Å². The molecule has 1 aromatic heterocycles. The van der Waals surface area contributed by atoms with Crippen LogP contribution in [0.15, 0.2) is 121 Å². The molecule has 5 aromatic rings. The standard InChI is InChI=1S/C84H111ClN10O18S2/c1-49-21-20-28-69(110-10)84(108)47-68(111-81(106)92-84)50(2)75-83(5,113-75)70(46-72(100)94(7)65-42-55(39-49)43-67(109-9)73(65)85)112-80(105)51(3)93(6)71(99)35-38-114-115-82(107)87-37-19-17-27-64-66(98)45-57(40-54-29-33-60(97)34-30-54)77(102)89-59(44-58-48-88-62-26-15-14-25-61(58)62)32-31-56(24-16-18-36-86)76(101)91-74(52(4)96)78(103)90-63(79(104)95(64)8)41-53-22-12-11-13-23-53/h11-15,20-23,25-26,28-30,33-34,42-43,48,50-52,56-57,59,63-64,68-70,74-75,88,96-97,108H,16-19,24,27,31-32,35-41,44-47,86H2,1-10H3,(H,87,107)(H,89,102)(H,90,103)(H,91,101)(H,92,106)/b28-20+,49-21+/t50-,51+,52-,56-,57-,59+,63+,64+,68+,69-,70+,74+,75+,83+,84+/m1/s1. The number of methoxy groups -OCH3 is 2. The van der Waals surface area contributed by atoms with Crippen molar-refractivity contribution in [1.82, 2.24) is 41.4 Å². The molecule has 0 radical (unpaired) electrons. The minimum Gasteiger partial charge on any atom is -0.508 e. The number of phenols is 1. The lowest BCUT2D eigenvalue weighted by atomic mass is 9.83. The number of benzene rings is 4. The van der Waals surface area contributed by atoms with E-state index in [0.29, 0.717) is 74.1 Å². The minimum atomic E-state index is -1.92. The Kier molecular flexibility index (Phi) is 32.6. The molecule has 0 unspecified atom stereocenters. The number of nitrogens with one attached hydrogen (secondary N) is 6. The summed E-state index contributed by atoms with van der Waals surface area (Å²) in [5.41, 5.74) is 7.68. The first-order valence-electron chi connectivity index (χ1n) is 39.2. The maximum absolute atomic E-state index is 15.4. The van der Waals surface area contributed by atoms with Gasteiger partial charge in [0.25, 0.3) is 5.24 Å². The highest BCUT2D eigenvalue weighted by molar-refractivity contribution is 8.82. The number of allylic oxidation sites excluding steroid dienone is 3. The first-order valence-corrected chi connectivity index (χ1v) is 41.9. The molecule has 5 heterocycles. The third-order valence-electron chi connectivity index (χ3n) is 22.3. The maximum atomic E-state index is 15.4. The number of aliphatic hydroxyl groups excluding tert-OH is 1. The molecule has 11 N–H and O–H groups in total. The van der Waals surface area contributed by atoms with Crippen molar-refractivity contribution in [2.24, 2.45) is 23.5 Å². The fourth-order valence-corrected chi connectivity index (χ4v) is 17.2. The van der Waals surface area contributed by atoms with Gasteiger partial charge in [-0.1, -0.05) is 120 Å². The highest BCUT2D eigenvalue weighted by Crippen LogP contribution is 2.49. The molecule has 4 aliphatic heterocycles. The van der Waals surface area contributed by atoms with E-state index < -0.39 is 155 Å². The molecular weight excluding hydrogens is 1540 g/mol. The number of fused-ring (bicyclic) bond motifs is 6. The summed E-state index contributed by atoms with van der Waals surface area (Å²) in [6.07, 6.45) is 3.20. The number of amides is 8. The monoisotopic (exact) mass is 1650 g/mol. The molecule has 31 heteroatoms. The Morgan fingerprint density at radius 1 is 0.852 bits per heavy atom. The van der Waals surface area contributed by atoms with E-state index in [9.17, 15) is 48.9 Å². The van der Waals surface area contributed by atoms with E-state index in [0.717, 1.165) is 49.2 Å². The van der Waals surface area contributed by atoms with Crippen molar-refractivity contribution in [3.05, 3.63) is 148 Å². The van der Waals surface area contributed by atoms with Crippen molar-refractivity contribution in [2.75, 3.05) is 59.1 Å². The molecule has 8 amide bonds. The summed E-state index contributed by atoms with van der Waals surface area (Å²) in [5.74, 6) is -6.62. The second-order valence-electron chi connectivity index (χ2n) is 30.8. The van der Waals surface area contributed by atoms with Crippen LogP contribution >= 0.6 is 33.2 Å². The molecule has 4 bridgehead atoms. The molecule has 9 rings (SSSR count). The van der Waals surface area contributed by atoms with Crippen LogP contribution < -0.4 is 42.0 Å². The Bertz CT molecular complexity index is 4300. The number of anilines is 1. The SMILES string of the molecule is COc1cc2cc(c1Cl)N(C)C(=O)C[C@H](OC(=O)[C@H](C)N(C)C(=O)CCSSC(=O)NCCCC[C@H]1C(=O)C[C@@H](Cc3ccc(O)cc3)C(=O)N[C@H](Cc3c[nH]c4ccccc34)CC[C@@H](CCCCN)C(=O)N[C@@H]([C@@H](C)O)C(=O)N[C@@H](Cc3ccccc3)C(=O)N1C)[C@]1(C)O[C@H]1[C@H](C)[C@@H]1C[C@@](O)(NC(=O)O1)[C@H](OC)/C=C/C=C(\C)C2. The number of carbonyl (C=O) groups is 10. The van der Waals surface area contributed by atoms with Crippen molar-refractivity contribution < 1.29 is 86.9 Å². The first kappa shape index (κ1) is 89.9. The number of unbranched alkanes of at least 4 members (excludes halogenated alkanes) is 2. The third-order valence-corrected chi connectivity index (χ3v) is 24.8. The largest absolute Gasteiger partial charge is 0.508 e. The van der Waals surface area contributed by atoms with Gasteiger partial charge in [-0.05, 0) is 151 Å². The number of rotatable bonds is 25. The molecular formula is C84H111ClN10O18S2. The number of Topliss-reactive ketones (excluding diaryl/α,β-unsaturated/α-hetero) is 1. The number of esters is 1. The number of epoxide rings is 1. The van der Waals surface area contributed by atoms with Gasteiger partial charge in [0.2, 0.25) is 35.4 Å². The van der Waals surface area contributed by atoms with Gasteiger partial charge in [-0.2, -0.15) is 0 Å². The number of H-pyrrole nitrogens is 1. The molecule has 3 saturated heterocycles. The number of aromatic nitrogens is 1. The van der Waals surface area contributed by atoms with E-state index in [1.165, 1.54) is 76.0 Å². The normalized spacial score (nSPS) is 26.9. The Labute approximate surface area is 684 Å². The molecule has 0 spiro atoms. The van der Waals surface area contributed by atoms with Gasteiger partial charge < -0.3 is 85.7 Å². The number of hydrogen-bond acceptors (Lipinski definition) is 21. The molecule has 4 aliphatic rings. The van der Waals surface area contributed by atoms with Crippen molar-refractivity contribution in [3.63, 3.8) is 0 Å². The van der Waals surface area contributed by atoms with Crippen LogP contribution in [-0.2, 0) is 83.0 Å². The number of para-hydroxylation sites is 1. The van der Waals surface area contributed by atoms with Gasteiger partial charge in [0.05, 0.1) is 37.5 Å². The number of carbonyl (C=O) groups excluding carboxylic acids is 10. The fraction of sp³-hybridized carbons (Fsp3) is 0.524. The van der Waals surface area contributed by atoms with E-state index in [1.807, 2.05) is 43.5 Å². The van der Waals surface area contributed by atoms with E-state index in [4.69, 9.17) is 41.0 Å². The van der Waals surface area contributed by atoms with Gasteiger partial charge in [-0.15, -0.1) is 0 Å². The number of ketones is 1. The number of ether oxygens (including phenoxy) is 5. The average molecular weight is 1650 g/mol. The van der Waals surface area contributed by atoms with Crippen molar-refractivity contribution >= 4 is 108 Å². The Morgan fingerprint density at radius 3 is 2.27 bits per heavy atom. The molecule has 3 fully saturated rings. The van der Waals surface area contributed by atoms with Crippen LogP contribution in [0.4, 0.5) is 15.3 Å². The van der Waals surface area contributed by atoms with Crippen molar-refractivity contribution in [1.29, 1.82) is 0 Å². The first-order chi connectivity index (χ1) is 54.8. The van der Waals surface area contributed by atoms with Crippen LogP contribution in [0.1, 0.15) is 134 Å². The molecule has 0 saturated carbocycles. The second kappa shape index (κ2) is 41.7. The Hall–Kier alpha value is -9.01. The lowest BCUT2D eigenvalue weighted by molar-refractivity contribution is -0.162. The predicted molar refractivity (Wildman–Crippen MR) is 440 cm³/mol. The van der Waals surface area contributed by atoms with Crippen LogP contribution in [0.5, 0.6) is 11.5 Å². The summed E-state index contributed by atoms with van der Waals surface area (Å²) < 4.78 is 29.7. The zero-order valence-electron chi connectivity index (χ0n) is 67.0. The quantitative estimate of drug-likeness (QED) is 0.0113. The Morgan fingerprint density at radius 2 is 1.56 bits per heavy atom. The van der Waals surface area contributed by atoms with Gasteiger partial charge >= 0.3 is 12.1 Å². The lowest BCUT2D eigenvalue weighted by Crippen LogP contribution is -2.63. The number of likely N-dealkylation sites (N-methyl/N-ethyl adjacent to an activating group) is 2. The number of nitrogens with zero attached hydrogens (tertiary/aromatic N) is 3. The average Bonchev–Trinajstić information content (AvgIpc) is 1.57. The minimum absolute atomic E-state index is 0.00197. The van der Waals surface area contributed by atoms with Gasteiger partial charge in [0.15, 0.2) is 11.5 Å². The van der Waals surface area contributed by atoms with E-state index in [1.54, 1.807) is 80.6 Å². The van der Waals surface area contributed by atoms with Crippen LogP contribution in [0.25, 0.3) is 10.9 Å². The van der Waals surface area contributed by atoms with Gasteiger partial charge in [0, 0.05) is 118 Å². The summed E-state index contributed by atoms with van der Waals surface area (Å²) in [6.45, 7) is 8.68. The number of halogens is 1. The van der Waals surface area contributed by atoms with Crippen LogP contribution in [-0.4, -0.2) is 215 Å². The predicted octanol–water partition coefficient (Wildman–Crippen LogP) is 8.86. The number of hydrogen-bond donors (Lipinski definition) is 10. The summed E-state index contributed by atoms with van der Waals surface area (Å²) in [6, 6.07) is 20.7. The number of alkyl carbamates (subject to hydrolysis) is 1. The zero-order valence-corrected chi connectivity index (χ0v) is 69.4. The zero-order chi connectivity index (χ0) is 83.4. The van der Waals surface area contributed by atoms with E-state index in [-0.39, 0.29) is 74.4 Å². The highest BCUT2D eigenvalue weighted by Gasteiger charge is 2.65. The molecule has 15 atom stereocenters. The molecule has 115 heavy (non-hydrogen) atoms. The van der Waals surface area contributed by atoms with Gasteiger partial charge in [0.1, 0.15) is 58.6 Å². The lowest BCUT2D eigenvalue weighted by Gasteiger charge is -2.42. The number of aliphatic hydroxyl groups is 2. The third kappa shape index (κ3) is 24.1. The molecule has 0 aliphatic carbocycles. The van der Waals surface area contributed by atoms with Gasteiger partial charge in [-0.25, -0.2) is 9.59 Å². The maximum Gasteiger partial charge on any atom is 0.409 e. The summed E-state index contributed by atoms with van der Waals surface area (Å²) in [5, 5.41) is 48.5. The molecule has 28 nitrogen and oxygen atoms in total. The molecule has 4 aromatic carbocycles. The number of phenolic OH excluding ortho intramolecular Hbond substituents is 1. The number of aromatic amines is 1. The number of nitrogens with two attached hydrogens (primary N) is 1. The van der Waals surface area contributed by atoms with Gasteiger partial charge in [-0.3, -0.25) is 43.7 Å². The summed E-state index contributed by atoms with van der Waals surface area (Å²) >= 11 is 6.89.